The van der Waals surface area contributed by atoms with Crippen molar-refractivity contribution in [2.75, 3.05) is 31.1 Å². The summed E-state index contributed by atoms with van der Waals surface area (Å²) in [4.78, 5) is 24.1. The van der Waals surface area contributed by atoms with E-state index in [0.717, 1.165) is 24.6 Å². The van der Waals surface area contributed by atoms with Crippen LogP contribution in [-0.4, -0.2) is 46.7 Å². The van der Waals surface area contributed by atoms with E-state index in [1.807, 2.05) is 11.8 Å². The summed E-state index contributed by atoms with van der Waals surface area (Å²) >= 11 is 1.90. The number of thioether (sulfide) groups is 1. The van der Waals surface area contributed by atoms with Crippen molar-refractivity contribution >= 4 is 23.2 Å². The Morgan fingerprint density at radius 2 is 1.89 bits per heavy atom. The van der Waals surface area contributed by atoms with E-state index in [4.69, 9.17) is 0 Å². The van der Waals surface area contributed by atoms with E-state index in [1.54, 1.807) is 0 Å². The van der Waals surface area contributed by atoms with Crippen molar-refractivity contribution < 1.29 is 9.72 Å². The number of Topliss-reactive ketones (excluding diaryl/α,β-unsaturated/α-hetero) is 1. The molecule has 0 spiro atoms. The second-order valence-electron chi connectivity index (χ2n) is 4.12. The molecule has 0 atom stereocenters. The number of non-ortho nitro benzene ring substituents is 1. The molecule has 1 saturated heterocycles. The summed E-state index contributed by atoms with van der Waals surface area (Å²) in [6.07, 6.45) is 0. The predicted octanol–water partition coefficient (Wildman–Crippen LogP) is 1.83. The minimum atomic E-state index is -0.462. The summed E-state index contributed by atoms with van der Waals surface area (Å²) in [7, 11) is 0. The van der Waals surface area contributed by atoms with Crippen molar-refractivity contribution in [2.24, 2.45) is 0 Å². The van der Waals surface area contributed by atoms with E-state index in [0.29, 0.717) is 12.1 Å². The summed E-state index contributed by atoms with van der Waals surface area (Å²) in [6.45, 7) is 2.27. The van der Waals surface area contributed by atoms with Crippen molar-refractivity contribution in [1.82, 2.24) is 4.90 Å². The van der Waals surface area contributed by atoms with Crippen molar-refractivity contribution in [2.45, 2.75) is 0 Å². The average molecular weight is 266 g/mol. The van der Waals surface area contributed by atoms with E-state index in [1.165, 1.54) is 24.3 Å². The second-order valence-corrected chi connectivity index (χ2v) is 5.34. The molecule has 0 unspecified atom stereocenters. The summed E-state index contributed by atoms with van der Waals surface area (Å²) in [6, 6.07) is 5.80. The van der Waals surface area contributed by atoms with Crippen LogP contribution in [0, 0.1) is 10.1 Å². The molecule has 1 aliphatic heterocycles. The first kappa shape index (κ1) is 13.0. The zero-order valence-electron chi connectivity index (χ0n) is 9.87. The van der Waals surface area contributed by atoms with Gasteiger partial charge in [0, 0.05) is 42.3 Å². The molecule has 1 fully saturated rings. The minimum absolute atomic E-state index is 0.0147. The van der Waals surface area contributed by atoms with Gasteiger partial charge in [-0.1, -0.05) is 0 Å². The lowest BCUT2D eigenvalue weighted by Gasteiger charge is -2.25. The summed E-state index contributed by atoms with van der Waals surface area (Å²) in [5.74, 6) is 2.15. The topological polar surface area (TPSA) is 63.5 Å². The van der Waals surface area contributed by atoms with Gasteiger partial charge in [-0.25, -0.2) is 0 Å². The Labute approximate surface area is 109 Å². The van der Waals surface area contributed by atoms with Gasteiger partial charge in [0.25, 0.3) is 5.69 Å². The first-order valence-corrected chi connectivity index (χ1v) is 6.90. The van der Waals surface area contributed by atoms with Crippen LogP contribution >= 0.6 is 11.8 Å². The Morgan fingerprint density at radius 1 is 1.28 bits per heavy atom. The molecule has 0 radical (unpaired) electrons. The van der Waals surface area contributed by atoms with E-state index < -0.39 is 4.92 Å². The Kier molecular flexibility index (Phi) is 4.33. The fourth-order valence-electron chi connectivity index (χ4n) is 1.82. The van der Waals surface area contributed by atoms with Crippen LogP contribution in [0.2, 0.25) is 0 Å². The Bertz CT molecular complexity index is 441. The van der Waals surface area contributed by atoms with Crippen LogP contribution in [0.1, 0.15) is 10.4 Å². The zero-order chi connectivity index (χ0) is 13.0. The van der Waals surface area contributed by atoms with Gasteiger partial charge in [0.2, 0.25) is 0 Å². The molecule has 0 aliphatic carbocycles. The summed E-state index contributed by atoms with van der Waals surface area (Å²) in [5, 5.41) is 10.5. The molecule has 18 heavy (non-hydrogen) atoms. The van der Waals surface area contributed by atoms with Crippen LogP contribution < -0.4 is 0 Å². The van der Waals surface area contributed by atoms with Gasteiger partial charge in [-0.2, -0.15) is 11.8 Å². The van der Waals surface area contributed by atoms with Gasteiger partial charge >= 0.3 is 0 Å². The Hall–Kier alpha value is -1.40. The molecule has 0 aromatic heterocycles. The molecule has 1 aromatic carbocycles. The average Bonchev–Trinajstić information content (AvgIpc) is 2.40. The van der Waals surface area contributed by atoms with Gasteiger partial charge in [0.05, 0.1) is 11.5 Å². The first-order valence-electron chi connectivity index (χ1n) is 5.74. The highest BCUT2D eigenvalue weighted by molar-refractivity contribution is 7.99. The maximum atomic E-state index is 12.0. The Morgan fingerprint density at radius 3 is 2.44 bits per heavy atom. The molecule has 5 nitrogen and oxygen atoms in total. The molecule has 6 heteroatoms. The number of benzene rings is 1. The van der Waals surface area contributed by atoms with Crippen LogP contribution in [0.15, 0.2) is 24.3 Å². The highest BCUT2D eigenvalue weighted by Crippen LogP contribution is 2.14. The highest BCUT2D eigenvalue weighted by atomic mass is 32.2. The molecule has 96 valence electrons. The third kappa shape index (κ3) is 3.30. The number of rotatable bonds is 4. The van der Waals surface area contributed by atoms with Crippen molar-refractivity contribution in [3.05, 3.63) is 39.9 Å². The van der Waals surface area contributed by atoms with E-state index in [2.05, 4.69) is 4.90 Å². The van der Waals surface area contributed by atoms with E-state index in [9.17, 15) is 14.9 Å². The molecule has 0 saturated carbocycles. The lowest BCUT2D eigenvalue weighted by molar-refractivity contribution is -0.384. The monoisotopic (exact) mass is 266 g/mol. The zero-order valence-corrected chi connectivity index (χ0v) is 10.7. The fraction of sp³-hybridized carbons (Fsp3) is 0.417. The molecular formula is C12H14N2O3S. The van der Waals surface area contributed by atoms with E-state index in [-0.39, 0.29) is 11.5 Å². The quantitative estimate of drug-likeness (QED) is 0.472. The number of carbonyl (C=O) groups is 1. The van der Waals surface area contributed by atoms with Gasteiger partial charge in [0.1, 0.15) is 0 Å². The third-order valence-corrected chi connectivity index (χ3v) is 3.81. The molecule has 0 amide bonds. The second kappa shape index (κ2) is 5.97. The third-order valence-electron chi connectivity index (χ3n) is 2.87. The molecule has 0 bridgehead atoms. The first-order chi connectivity index (χ1) is 8.66. The van der Waals surface area contributed by atoms with Crippen LogP contribution in [0.3, 0.4) is 0 Å². The minimum Gasteiger partial charge on any atom is -0.294 e. The lowest BCUT2D eigenvalue weighted by atomic mass is 10.1. The standard InChI is InChI=1S/C12H14N2O3S/c15-12(9-13-5-7-18-8-6-13)10-1-3-11(4-2-10)14(16)17/h1-4H,5-9H2. The van der Waals surface area contributed by atoms with Gasteiger partial charge in [-0.05, 0) is 12.1 Å². The van der Waals surface area contributed by atoms with Crippen molar-refractivity contribution in [1.29, 1.82) is 0 Å². The number of hydrogen-bond donors (Lipinski definition) is 0. The number of ketones is 1. The molecule has 0 N–H and O–H groups in total. The smallest absolute Gasteiger partial charge is 0.269 e. The highest BCUT2D eigenvalue weighted by Gasteiger charge is 2.16. The largest absolute Gasteiger partial charge is 0.294 e. The number of nitro groups is 1. The van der Waals surface area contributed by atoms with Gasteiger partial charge in [-0.3, -0.25) is 19.8 Å². The molecule has 2 rings (SSSR count). The Balaban J connectivity index is 1.97. The maximum absolute atomic E-state index is 12.0. The van der Waals surface area contributed by atoms with Crippen LogP contribution in [-0.2, 0) is 0 Å². The molecule has 1 aliphatic rings. The predicted molar refractivity (Wildman–Crippen MR) is 71.2 cm³/mol. The van der Waals surface area contributed by atoms with Crippen LogP contribution in [0.4, 0.5) is 5.69 Å². The van der Waals surface area contributed by atoms with Crippen LogP contribution in [0.25, 0.3) is 0 Å². The van der Waals surface area contributed by atoms with Gasteiger partial charge in [-0.15, -0.1) is 0 Å². The maximum Gasteiger partial charge on any atom is 0.269 e. The van der Waals surface area contributed by atoms with Crippen LogP contribution in [0.5, 0.6) is 0 Å². The molecule has 1 aromatic rings. The molecular weight excluding hydrogens is 252 g/mol. The fourth-order valence-corrected chi connectivity index (χ4v) is 2.80. The van der Waals surface area contributed by atoms with Crippen molar-refractivity contribution in [3.63, 3.8) is 0 Å². The normalized spacial score (nSPS) is 16.4. The number of carbonyl (C=O) groups excluding carboxylic acids is 1. The molecule has 1 heterocycles. The summed E-state index contributed by atoms with van der Waals surface area (Å²) in [5.41, 5.74) is 0.555. The number of nitrogens with zero attached hydrogens (tertiary/aromatic N) is 2. The number of nitro benzene ring substituents is 1. The lowest BCUT2D eigenvalue weighted by Crippen LogP contribution is -2.36. The van der Waals surface area contributed by atoms with E-state index >= 15 is 0 Å². The summed E-state index contributed by atoms with van der Waals surface area (Å²) < 4.78 is 0. The van der Waals surface area contributed by atoms with Gasteiger partial charge in [0.15, 0.2) is 5.78 Å². The van der Waals surface area contributed by atoms with Gasteiger partial charge < -0.3 is 0 Å². The number of hydrogen-bond acceptors (Lipinski definition) is 5. The van der Waals surface area contributed by atoms with Crippen molar-refractivity contribution in [3.8, 4) is 0 Å². The SMILES string of the molecule is O=C(CN1CCSCC1)c1ccc([N+](=O)[O-])cc1.